The zero-order valence-corrected chi connectivity index (χ0v) is 15.3. The minimum Gasteiger partial charge on any atom is -0.396 e. The van der Waals surface area contributed by atoms with Gasteiger partial charge in [-0.25, -0.2) is 4.79 Å². The van der Waals surface area contributed by atoms with E-state index in [0.717, 1.165) is 44.9 Å². The number of urea groups is 1. The molecule has 0 aromatic heterocycles. The van der Waals surface area contributed by atoms with Crippen LogP contribution in [0.5, 0.6) is 0 Å². The molecule has 1 aliphatic carbocycles. The van der Waals surface area contributed by atoms with Gasteiger partial charge >= 0.3 is 6.03 Å². The molecule has 1 saturated heterocycles. The number of hydrogen-bond donors (Lipinski definition) is 2. The smallest absolute Gasteiger partial charge is 0.317 e. The molecular formula is C20H31N3O2. The van der Waals surface area contributed by atoms with Crippen molar-refractivity contribution in [2.45, 2.75) is 38.6 Å². The Balaban J connectivity index is 1.44. The van der Waals surface area contributed by atoms with Crippen LogP contribution in [0.15, 0.2) is 24.3 Å². The van der Waals surface area contributed by atoms with Gasteiger partial charge in [0.15, 0.2) is 0 Å². The molecule has 2 fully saturated rings. The van der Waals surface area contributed by atoms with Crippen molar-refractivity contribution in [2.75, 3.05) is 39.3 Å². The van der Waals surface area contributed by atoms with E-state index in [-0.39, 0.29) is 12.6 Å². The second-order valence-corrected chi connectivity index (χ2v) is 7.52. The average Bonchev–Trinajstić information content (AvgIpc) is 3.42. The summed E-state index contributed by atoms with van der Waals surface area (Å²) in [6, 6.07) is 8.78. The first kappa shape index (κ1) is 18.2. The SMILES string of the molecule is Cc1ccc(CCNC(=O)N2CCN(CC3CC3)[C@H](CCO)C2)cc1. The van der Waals surface area contributed by atoms with Gasteiger partial charge in [-0.2, -0.15) is 0 Å². The Hall–Kier alpha value is -1.59. The number of aryl methyl sites for hydroxylation is 1. The molecule has 138 valence electrons. The number of carbonyl (C=O) groups is 1. The lowest BCUT2D eigenvalue weighted by atomic mass is 10.1. The maximum absolute atomic E-state index is 12.5. The van der Waals surface area contributed by atoms with E-state index >= 15 is 0 Å². The van der Waals surface area contributed by atoms with Gasteiger partial charge in [0.25, 0.3) is 0 Å². The van der Waals surface area contributed by atoms with E-state index in [4.69, 9.17) is 0 Å². The van der Waals surface area contributed by atoms with Crippen molar-refractivity contribution in [1.82, 2.24) is 15.1 Å². The summed E-state index contributed by atoms with van der Waals surface area (Å²) in [5.41, 5.74) is 2.50. The Morgan fingerprint density at radius 1 is 1.24 bits per heavy atom. The van der Waals surface area contributed by atoms with Crippen molar-refractivity contribution in [2.24, 2.45) is 5.92 Å². The molecule has 1 aromatic rings. The van der Waals surface area contributed by atoms with Crippen molar-refractivity contribution in [3.05, 3.63) is 35.4 Å². The lowest BCUT2D eigenvalue weighted by molar-refractivity contribution is 0.0704. The first-order valence-corrected chi connectivity index (χ1v) is 9.59. The summed E-state index contributed by atoms with van der Waals surface area (Å²) in [4.78, 5) is 16.9. The number of piperazine rings is 1. The fraction of sp³-hybridized carbons (Fsp3) is 0.650. The number of amides is 2. The Labute approximate surface area is 151 Å². The lowest BCUT2D eigenvalue weighted by Gasteiger charge is -2.41. The minimum absolute atomic E-state index is 0.0288. The van der Waals surface area contributed by atoms with Crippen molar-refractivity contribution in [1.29, 1.82) is 0 Å². The van der Waals surface area contributed by atoms with Crippen LogP contribution < -0.4 is 5.32 Å². The van der Waals surface area contributed by atoms with E-state index in [1.165, 1.54) is 24.0 Å². The fourth-order valence-corrected chi connectivity index (χ4v) is 3.55. The van der Waals surface area contributed by atoms with Gasteiger partial charge in [0, 0.05) is 45.4 Å². The van der Waals surface area contributed by atoms with Crippen LogP contribution >= 0.6 is 0 Å². The third-order valence-corrected chi connectivity index (χ3v) is 5.35. The third kappa shape index (κ3) is 5.44. The second-order valence-electron chi connectivity index (χ2n) is 7.52. The molecule has 5 nitrogen and oxygen atoms in total. The van der Waals surface area contributed by atoms with E-state index in [2.05, 4.69) is 41.4 Å². The van der Waals surface area contributed by atoms with Crippen molar-refractivity contribution < 1.29 is 9.90 Å². The number of aliphatic hydroxyl groups is 1. The zero-order chi connectivity index (χ0) is 17.6. The Morgan fingerprint density at radius 2 is 2.00 bits per heavy atom. The molecule has 25 heavy (non-hydrogen) atoms. The van der Waals surface area contributed by atoms with Gasteiger partial charge in [-0.1, -0.05) is 29.8 Å². The van der Waals surface area contributed by atoms with E-state index in [9.17, 15) is 9.90 Å². The predicted molar refractivity (Wildman–Crippen MR) is 99.6 cm³/mol. The van der Waals surface area contributed by atoms with Gasteiger partial charge in [-0.3, -0.25) is 4.90 Å². The maximum Gasteiger partial charge on any atom is 0.317 e. The van der Waals surface area contributed by atoms with Crippen molar-refractivity contribution in [3.63, 3.8) is 0 Å². The van der Waals surface area contributed by atoms with E-state index in [1.54, 1.807) is 0 Å². The molecule has 1 aliphatic heterocycles. The van der Waals surface area contributed by atoms with Crippen LogP contribution in [0.3, 0.4) is 0 Å². The summed E-state index contributed by atoms with van der Waals surface area (Å²) in [5.74, 6) is 0.844. The number of hydrogen-bond acceptors (Lipinski definition) is 3. The minimum atomic E-state index is 0.0288. The molecule has 1 aromatic carbocycles. The zero-order valence-electron chi connectivity index (χ0n) is 15.3. The van der Waals surface area contributed by atoms with Crippen LogP contribution in [0.2, 0.25) is 0 Å². The highest BCUT2D eigenvalue weighted by atomic mass is 16.3. The van der Waals surface area contributed by atoms with Crippen LogP contribution in [0.4, 0.5) is 4.79 Å². The summed E-state index contributed by atoms with van der Waals surface area (Å²) < 4.78 is 0. The van der Waals surface area contributed by atoms with Crippen LogP contribution in [-0.4, -0.2) is 66.3 Å². The number of nitrogens with one attached hydrogen (secondary N) is 1. The molecule has 0 bridgehead atoms. The molecule has 2 amide bonds. The first-order chi connectivity index (χ1) is 12.2. The van der Waals surface area contributed by atoms with Gasteiger partial charge in [0.05, 0.1) is 0 Å². The van der Waals surface area contributed by atoms with Crippen LogP contribution in [0.25, 0.3) is 0 Å². The Bertz CT molecular complexity index is 557. The molecule has 1 saturated carbocycles. The van der Waals surface area contributed by atoms with E-state index in [0.29, 0.717) is 12.6 Å². The standard InChI is InChI=1S/C20H31N3O2/c1-16-2-4-17(5-3-16)8-10-21-20(25)23-12-11-22(14-18-6-7-18)19(15-23)9-13-24/h2-5,18-19,24H,6-15H2,1H3,(H,21,25)/t19-/m1/s1. The summed E-state index contributed by atoms with van der Waals surface area (Å²) in [5, 5.41) is 12.4. The number of aliphatic hydroxyl groups excluding tert-OH is 1. The summed E-state index contributed by atoms with van der Waals surface area (Å²) in [6.07, 6.45) is 4.28. The molecule has 0 unspecified atom stereocenters. The van der Waals surface area contributed by atoms with Crippen molar-refractivity contribution >= 4 is 6.03 Å². The van der Waals surface area contributed by atoms with Crippen molar-refractivity contribution in [3.8, 4) is 0 Å². The highest BCUT2D eigenvalue weighted by Crippen LogP contribution is 2.31. The summed E-state index contributed by atoms with van der Waals surface area (Å²) in [6.45, 7) is 6.50. The molecule has 0 spiro atoms. The Morgan fingerprint density at radius 3 is 2.68 bits per heavy atom. The monoisotopic (exact) mass is 345 g/mol. The topological polar surface area (TPSA) is 55.8 Å². The molecule has 1 heterocycles. The molecule has 1 atom stereocenters. The van der Waals surface area contributed by atoms with Gasteiger partial charge in [0.1, 0.15) is 0 Å². The predicted octanol–water partition coefficient (Wildman–Crippen LogP) is 2.03. The normalized spacial score (nSPS) is 21.4. The highest BCUT2D eigenvalue weighted by Gasteiger charge is 2.33. The maximum atomic E-state index is 12.5. The van der Waals surface area contributed by atoms with Crippen LogP contribution in [0, 0.1) is 12.8 Å². The second kappa shape index (κ2) is 8.68. The molecule has 5 heteroatoms. The molecule has 2 aliphatic rings. The van der Waals surface area contributed by atoms with Gasteiger partial charge in [-0.15, -0.1) is 0 Å². The Kier molecular flexibility index (Phi) is 6.32. The lowest BCUT2D eigenvalue weighted by Crippen LogP contribution is -2.57. The summed E-state index contributed by atoms with van der Waals surface area (Å²) >= 11 is 0. The quantitative estimate of drug-likeness (QED) is 0.795. The largest absolute Gasteiger partial charge is 0.396 e. The first-order valence-electron chi connectivity index (χ1n) is 9.59. The number of benzene rings is 1. The van der Waals surface area contributed by atoms with Crippen LogP contribution in [0.1, 0.15) is 30.4 Å². The van der Waals surface area contributed by atoms with E-state index in [1.807, 2.05) is 4.90 Å². The van der Waals surface area contributed by atoms with Gasteiger partial charge < -0.3 is 15.3 Å². The molecule has 3 rings (SSSR count). The van der Waals surface area contributed by atoms with E-state index < -0.39 is 0 Å². The number of carbonyl (C=O) groups excluding carboxylic acids is 1. The van der Waals surface area contributed by atoms with Crippen LogP contribution in [-0.2, 0) is 6.42 Å². The third-order valence-electron chi connectivity index (χ3n) is 5.35. The number of rotatable bonds is 7. The molecule has 2 N–H and O–H groups in total. The molecular weight excluding hydrogens is 314 g/mol. The number of nitrogens with zero attached hydrogens (tertiary/aromatic N) is 2. The average molecular weight is 345 g/mol. The summed E-state index contributed by atoms with van der Waals surface area (Å²) in [7, 11) is 0. The fourth-order valence-electron chi connectivity index (χ4n) is 3.55. The van der Waals surface area contributed by atoms with Gasteiger partial charge in [0.2, 0.25) is 0 Å². The van der Waals surface area contributed by atoms with Gasteiger partial charge in [-0.05, 0) is 44.1 Å². The molecule has 0 radical (unpaired) electrons. The highest BCUT2D eigenvalue weighted by molar-refractivity contribution is 5.74.